The van der Waals surface area contributed by atoms with Crippen molar-refractivity contribution in [1.29, 1.82) is 0 Å². The van der Waals surface area contributed by atoms with E-state index < -0.39 is 0 Å². The lowest BCUT2D eigenvalue weighted by molar-refractivity contribution is 0.102. The molecule has 0 saturated heterocycles. The molecule has 0 spiro atoms. The molecule has 25 heavy (non-hydrogen) atoms. The van der Waals surface area contributed by atoms with Gasteiger partial charge in [-0.3, -0.25) is 9.78 Å². The zero-order valence-corrected chi connectivity index (χ0v) is 15.5. The first-order valence-corrected chi connectivity index (χ1v) is 8.71. The van der Waals surface area contributed by atoms with Crippen LogP contribution in [0.15, 0.2) is 42.7 Å². The molecule has 0 aliphatic heterocycles. The van der Waals surface area contributed by atoms with Crippen LogP contribution in [0.25, 0.3) is 0 Å². The Balaban J connectivity index is 2.01. The third kappa shape index (κ3) is 5.87. The average Bonchev–Trinajstić information content (AvgIpc) is 2.59. The summed E-state index contributed by atoms with van der Waals surface area (Å²) in [5.74, 6) is 0.205. The Kier molecular flexibility index (Phi) is 6.95. The fourth-order valence-corrected chi connectivity index (χ4v) is 2.60. The Morgan fingerprint density at radius 1 is 1.20 bits per heavy atom. The molecule has 2 rings (SSSR count). The first-order valence-electron chi connectivity index (χ1n) is 8.71. The molecule has 134 valence electrons. The second-order valence-electron chi connectivity index (χ2n) is 6.74. The van der Waals surface area contributed by atoms with Gasteiger partial charge in [-0.05, 0) is 50.7 Å². The SMILES string of the molecule is CC(C)c1ccccc1NC(=O)c1cncc(NCCCN(C)C)c1. The largest absolute Gasteiger partial charge is 0.384 e. The molecule has 1 amide bonds. The van der Waals surface area contributed by atoms with Crippen LogP contribution >= 0.6 is 0 Å². The summed E-state index contributed by atoms with van der Waals surface area (Å²) < 4.78 is 0. The summed E-state index contributed by atoms with van der Waals surface area (Å²) in [6.07, 6.45) is 4.37. The molecule has 2 aromatic rings. The lowest BCUT2D eigenvalue weighted by Crippen LogP contribution is -2.17. The van der Waals surface area contributed by atoms with E-state index in [0.29, 0.717) is 11.5 Å². The Morgan fingerprint density at radius 3 is 2.68 bits per heavy atom. The summed E-state index contributed by atoms with van der Waals surface area (Å²) in [4.78, 5) is 18.9. The number of benzene rings is 1. The molecule has 0 saturated carbocycles. The standard InChI is InChI=1S/C20H28N4O/c1-15(2)18-8-5-6-9-19(18)23-20(25)16-12-17(14-21-13-16)22-10-7-11-24(3)4/h5-6,8-9,12-15,22H,7,10-11H2,1-4H3,(H,23,25). The molecule has 0 unspecified atom stereocenters. The number of pyridine rings is 1. The maximum Gasteiger partial charge on any atom is 0.257 e. The number of rotatable bonds is 8. The van der Waals surface area contributed by atoms with Crippen LogP contribution in [-0.2, 0) is 0 Å². The lowest BCUT2D eigenvalue weighted by Gasteiger charge is -2.14. The normalized spacial score (nSPS) is 11.0. The van der Waals surface area contributed by atoms with Gasteiger partial charge in [0.25, 0.3) is 5.91 Å². The smallest absolute Gasteiger partial charge is 0.257 e. The number of carbonyl (C=O) groups is 1. The van der Waals surface area contributed by atoms with Gasteiger partial charge in [-0.2, -0.15) is 0 Å². The van der Waals surface area contributed by atoms with Crippen molar-refractivity contribution in [3.05, 3.63) is 53.9 Å². The van der Waals surface area contributed by atoms with Gasteiger partial charge in [-0.25, -0.2) is 0 Å². The molecule has 0 aliphatic carbocycles. The van der Waals surface area contributed by atoms with Crippen molar-refractivity contribution < 1.29 is 4.79 Å². The molecule has 1 heterocycles. The molecule has 0 atom stereocenters. The Morgan fingerprint density at radius 2 is 1.96 bits per heavy atom. The minimum absolute atomic E-state index is 0.141. The fourth-order valence-electron chi connectivity index (χ4n) is 2.60. The molecule has 1 aromatic carbocycles. The predicted octanol–water partition coefficient (Wildman–Crippen LogP) is 3.82. The Labute approximate surface area is 150 Å². The number of anilines is 2. The minimum atomic E-state index is -0.141. The molecule has 5 heteroatoms. The van der Waals surface area contributed by atoms with Crippen molar-refractivity contribution in [2.45, 2.75) is 26.2 Å². The van der Waals surface area contributed by atoms with E-state index in [9.17, 15) is 4.79 Å². The van der Waals surface area contributed by atoms with Crippen LogP contribution in [0.3, 0.4) is 0 Å². The third-order valence-electron chi connectivity index (χ3n) is 3.94. The van der Waals surface area contributed by atoms with E-state index >= 15 is 0 Å². The van der Waals surface area contributed by atoms with E-state index in [-0.39, 0.29) is 5.91 Å². The number of aromatic nitrogens is 1. The van der Waals surface area contributed by atoms with Gasteiger partial charge in [-0.15, -0.1) is 0 Å². The van der Waals surface area contributed by atoms with E-state index in [2.05, 4.69) is 48.5 Å². The molecular formula is C20H28N4O. The zero-order chi connectivity index (χ0) is 18.2. The van der Waals surface area contributed by atoms with Crippen LogP contribution in [0.1, 0.15) is 42.1 Å². The van der Waals surface area contributed by atoms with Crippen LogP contribution in [0.2, 0.25) is 0 Å². The summed E-state index contributed by atoms with van der Waals surface area (Å²) in [5, 5.41) is 6.32. The second kappa shape index (κ2) is 9.18. The molecule has 5 nitrogen and oxygen atoms in total. The number of para-hydroxylation sites is 1. The van der Waals surface area contributed by atoms with Crippen molar-refractivity contribution >= 4 is 17.3 Å². The average molecular weight is 340 g/mol. The highest BCUT2D eigenvalue weighted by Crippen LogP contribution is 2.24. The second-order valence-corrected chi connectivity index (χ2v) is 6.74. The first-order chi connectivity index (χ1) is 12.0. The van der Waals surface area contributed by atoms with Crippen LogP contribution in [0.5, 0.6) is 0 Å². The quantitative estimate of drug-likeness (QED) is 0.717. The summed E-state index contributed by atoms with van der Waals surface area (Å²) >= 11 is 0. The van der Waals surface area contributed by atoms with Crippen molar-refractivity contribution in [3.63, 3.8) is 0 Å². The molecule has 1 aromatic heterocycles. The van der Waals surface area contributed by atoms with Crippen LogP contribution < -0.4 is 10.6 Å². The fraction of sp³-hybridized carbons (Fsp3) is 0.400. The van der Waals surface area contributed by atoms with Crippen molar-refractivity contribution in [3.8, 4) is 0 Å². The van der Waals surface area contributed by atoms with E-state index in [4.69, 9.17) is 0 Å². The molecule has 2 N–H and O–H groups in total. The van der Waals surface area contributed by atoms with E-state index in [1.165, 1.54) is 0 Å². The summed E-state index contributed by atoms with van der Waals surface area (Å²) in [6, 6.07) is 9.74. The number of hydrogen-bond donors (Lipinski definition) is 2. The van der Waals surface area contributed by atoms with Crippen LogP contribution in [0, 0.1) is 0 Å². The van der Waals surface area contributed by atoms with Crippen molar-refractivity contribution in [2.24, 2.45) is 0 Å². The van der Waals surface area contributed by atoms with Gasteiger partial charge >= 0.3 is 0 Å². The maximum absolute atomic E-state index is 12.6. The number of hydrogen-bond acceptors (Lipinski definition) is 4. The lowest BCUT2D eigenvalue weighted by atomic mass is 10.0. The maximum atomic E-state index is 12.6. The number of amides is 1. The van der Waals surface area contributed by atoms with Gasteiger partial charge in [0.15, 0.2) is 0 Å². The zero-order valence-electron chi connectivity index (χ0n) is 15.5. The van der Waals surface area contributed by atoms with Crippen molar-refractivity contribution in [1.82, 2.24) is 9.88 Å². The summed E-state index contributed by atoms with van der Waals surface area (Å²) in [7, 11) is 4.11. The van der Waals surface area contributed by atoms with E-state index in [1.807, 2.05) is 30.3 Å². The number of carbonyl (C=O) groups excluding carboxylic acids is 1. The highest BCUT2D eigenvalue weighted by molar-refractivity contribution is 6.05. The van der Waals surface area contributed by atoms with Crippen LogP contribution in [-0.4, -0.2) is 43.0 Å². The van der Waals surface area contributed by atoms with Gasteiger partial charge < -0.3 is 15.5 Å². The monoisotopic (exact) mass is 340 g/mol. The third-order valence-corrected chi connectivity index (χ3v) is 3.94. The van der Waals surface area contributed by atoms with Gasteiger partial charge in [0.05, 0.1) is 11.3 Å². The highest BCUT2D eigenvalue weighted by atomic mass is 16.1. The van der Waals surface area contributed by atoms with E-state index in [1.54, 1.807) is 12.4 Å². The minimum Gasteiger partial charge on any atom is -0.384 e. The molecule has 0 aliphatic rings. The summed E-state index contributed by atoms with van der Waals surface area (Å²) in [6.45, 7) is 6.10. The number of nitrogens with one attached hydrogen (secondary N) is 2. The first kappa shape index (κ1) is 18.9. The molecule has 0 radical (unpaired) electrons. The molecule has 0 fully saturated rings. The van der Waals surface area contributed by atoms with Crippen molar-refractivity contribution in [2.75, 3.05) is 37.8 Å². The number of nitrogens with zero attached hydrogens (tertiary/aromatic N) is 2. The Bertz CT molecular complexity index is 698. The van der Waals surface area contributed by atoms with Gasteiger partial charge in [-0.1, -0.05) is 32.0 Å². The topological polar surface area (TPSA) is 57.3 Å². The molecule has 0 bridgehead atoms. The van der Waals surface area contributed by atoms with Crippen LogP contribution in [0.4, 0.5) is 11.4 Å². The summed E-state index contributed by atoms with van der Waals surface area (Å²) in [5.41, 5.74) is 3.40. The predicted molar refractivity (Wildman–Crippen MR) is 104 cm³/mol. The Hall–Kier alpha value is -2.40. The van der Waals surface area contributed by atoms with E-state index in [0.717, 1.165) is 36.4 Å². The van der Waals surface area contributed by atoms with Gasteiger partial charge in [0, 0.05) is 24.6 Å². The van der Waals surface area contributed by atoms with Gasteiger partial charge in [0.2, 0.25) is 0 Å². The molecular weight excluding hydrogens is 312 g/mol. The highest BCUT2D eigenvalue weighted by Gasteiger charge is 2.11. The van der Waals surface area contributed by atoms with Gasteiger partial charge in [0.1, 0.15) is 0 Å².